The number of fused-ring (bicyclic) bond motifs is 1. The summed E-state index contributed by atoms with van der Waals surface area (Å²) in [5, 5.41) is 18.4. The minimum Gasteiger partial charge on any atom is -0.508 e. The predicted molar refractivity (Wildman–Crippen MR) is 111 cm³/mol. The molecule has 6 nitrogen and oxygen atoms in total. The van der Waals surface area contributed by atoms with E-state index in [1.807, 2.05) is 6.07 Å². The number of rotatable bonds is 2. The minimum absolute atomic E-state index is 0.0992. The molecule has 8 heteroatoms. The first-order valence-corrected chi connectivity index (χ1v) is 10.0. The van der Waals surface area contributed by atoms with E-state index in [-0.39, 0.29) is 11.5 Å². The van der Waals surface area contributed by atoms with Crippen molar-refractivity contribution in [3.05, 3.63) is 69.3 Å². The number of carbonyl (C=O) groups is 1. The second-order valence-corrected chi connectivity index (χ2v) is 7.93. The number of anilines is 1. The van der Waals surface area contributed by atoms with Gasteiger partial charge in [0.1, 0.15) is 11.8 Å². The van der Waals surface area contributed by atoms with Gasteiger partial charge in [0.15, 0.2) is 11.6 Å². The van der Waals surface area contributed by atoms with Crippen LogP contribution in [0.1, 0.15) is 30.9 Å². The van der Waals surface area contributed by atoms with Gasteiger partial charge in [0.25, 0.3) is 0 Å². The molecule has 1 unspecified atom stereocenters. The maximum absolute atomic E-state index is 12.8. The number of ketones is 1. The van der Waals surface area contributed by atoms with Crippen molar-refractivity contribution in [3.8, 4) is 17.1 Å². The molecule has 2 aliphatic rings. The van der Waals surface area contributed by atoms with Crippen molar-refractivity contribution in [1.29, 1.82) is 0 Å². The molecule has 0 saturated carbocycles. The number of nitrogens with one attached hydrogen (secondary N) is 1. The molecule has 3 aromatic rings. The van der Waals surface area contributed by atoms with E-state index in [9.17, 15) is 9.90 Å². The zero-order valence-corrected chi connectivity index (χ0v) is 16.7. The van der Waals surface area contributed by atoms with Gasteiger partial charge >= 0.3 is 0 Å². The Balaban J connectivity index is 1.68. The fourth-order valence-corrected chi connectivity index (χ4v) is 4.19. The molecule has 2 aromatic carbocycles. The number of phenols is 1. The van der Waals surface area contributed by atoms with E-state index in [1.165, 1.54) is 0 Å². The smallest absolute Gasteiger partial charge is 0.226 e. The van der Waals surface area contributed by atoms with Crippen molar-refractivity contribution in [2.24, 2.45) is 0 Å². The van der Waals surface area contributed by atoms with Gasteiger partial charge in [-0.25, -0.2) is 4.68 Å². The Hall–Kier alpha value is -2.83. The molecule has 0 spiro atoms. The number of hydrogen-bond donors (Lipinski definition) is 2. The van der Waals surface area contributed by atoms with Gasteiger partial charge in [0.2, 0.25) is 5.95 Å². The second-order valence-electron chi connectivity index (χ2n) is 7.12. The van der Waals surface area contributed by atoms with Crippen LogP contribution in [0.4, 0.5) is 5.95 Å². The van der Waals surface area contributed by atoms with Crippen molar-refractivity contribution < 1.29 is 9.90 Å². The van der Waals surface area contributed by atoms with Crippen LogP contribution < -0.4 is 5.32 Å². The topological polar surface area (TPSA) is 80.0 Å². The van der Waals surface area contributed by atoms with Gasteiger partial charge < -0.3 is 10.4 Å². The molecule has 1 aromatic heterocycles. The maximum atomic E-state index is 12.8. The normalized spacial score (nSPS) is 18.3. The van der Waals surface area contributed by atoms with E-state index in [4.69, 9.17) is 23.2 Å². The summed E-state index contributed by atoms with van der Waals surface area (Å²) in [6.07, 6.45) is 2.09. The van der Waals surface area contributed by atoms with E-state index in [0.717, 1.165) is 29.7 Å². The number of benzene rings is 2. The average Bonchev–Trinajstić information content (AvgIpc) is 3.13. The monoisotopic (exact) mass is 426 g/mol. The van der Waals surface area contributed by atoms with Gasteiger partial charge in [-0.3, -0.25) is 4.79 Å². The number of phenolic OH excluding ortho intramolecular Hbond substituents is 1. The molecule has 0 fully saturated rings. The van der Waals surface area contributed by atoms with E-state index in [2.05, 4.69) is 15.4 Å². The van der Waals surface area contributed by atoms with E-state index >= 15 is 0 Å². The average molecular weight is 427 g/mol. The summed E-state index contributed by atoms with van der Waals surface area (Å²) in [6, 6.07) is 11.6. The molecule has 29 heavy (non-hydrogen) atoms. The lowest BCUT2D eigenvalue weighted by atomic mass is 9.85. The minimum atomic E-state index is -0.429. The summed E-state index contributed by atoms with van der Waals surface area (Å²) in [5.74, 6) is 1.34. The number of carbonyl (C=O) groups excluding carboxylic acids is 1. The highest BCUT2D eigenvalue weighted by atomic mass is 35.5. The van der Waals surface area contributed by atoms with Crippen molar-refractivity contribution in [2.45, 2.75) is 25.3 Å². The molecule has 1 aliphatic carbocycles. The van der Waals surface area contributed by atoms with Crippen LogP contribution in [0.25, 0.3) is 11.4 Å². The van der Waals surface area contributed by atoms with Crippen molar-refractivity contribution in [2.75, 3.05) is 5.32 Å². The molecule has 0 bridgehead atoms. The Kier molecular flexibility index (Phi) is 4.33. The Bertz CT molecular complexity index is 1170. The quantitative estimate of drug-likeness (QED) is 0.603. The lowest BCUT2D eigenvalue weighted by molar-refractivity contribution is -0.116. The van der Waals surface area contributed by atoms with E-state index < -0.39 is 6.04 Å². The SMILES string of the molecule is O=C1CCCC2=C1C(c1ccc(Cl)c(Cl)c1)n1nc(-c3ccc(O)cc3)nc1N2. The predicted octanol–water partition coefficient (Wildman–Crippen LogP) is 4.98. The van der Waals surface area contributed by atoms with Crippen LogP contribution in [0, 0.1) is 0 Å². The first kappa shape index (κ1) is 18.2. The summed E-state index contributed by atoms with van der Waals surface area (Å²) in [6.45, 7) is 0. The molecule has 0 saturated heterocycles. The molecule has 0 radical (unpaired) electrons. The molecular weight excluding hydrogens is 411 g/mol. The molecule has 1 aliphatic heterocycles. The summed E-state index contributed by atoms with van der Waals surface area (Å²) < 4.78 is 1.73. The standard InChI is InChI=1S/C21H16Cl2N4O2/c22-14-9-6-12(10-15(14)23)19-18-16(2-1-3-17(18)29)24-21-25-20(26-27(19)21)11-4-7-13(28)8-5-11/h4-10,19,28H,1-3H2,(H,24,25,26). The number of Topliss-reactive ketones (excluding diaryl/α,β-unsaturated/α-hetero) is 1. The van der Waals surface area contributed by atoms with Crippen molar-refractivity contribution in [1.82, 2.24) is 14.8 Å². The van der Waals surface area contributed by atoms with E-state index in [1.54, 1.807) is 41.1 Å². The summed E-state index contributed by atoms with van der Waals surface area (Å²) >= 11 is 12.4. The summed E-state index contributed by atoms with van der Waals surface area (Å²) in [4.78, 5) is 17.5. The highest BCUT2D eigenvalue weighted by molar-refractivity contribution is 6.42. The van der Waals surface area contributed by atoms with Gasteiger partial charge in [-0.1, -0.05) is 29.3 Å². The van der Waals surface area contributed by atoms with Gasteiger partial charge in [0.05, 0.1) is 10.0 Å². The first-order chi connectivity index (χ1) is 14.0. The van der Waals surface area contributed by atoms with Crippen LogP contribution in [-0.2, 0) is 4.79 Å². The zero-order chi connectivity index (χ0) is 20.1. The molecule has 146 valence electrons. The fourth-order valence-electron chi connectivity index (χ4n) is 3.88. The lowest BCUT2D eigenvalue weighted by Gasteiger charge is -2.32. The number of aromatic hydroxyl groups is 1. The van der Waals surface area contributed by atoms with Crippen LogP contribution in [-0.4, -0.2) is 25.7 Å². The Morgan fingerprint density at radius 1 is 1.07 bits per heavy atom. The lowest BCUT2D eigenvalue weighted by Crippen LogP contribution is -2.31. The molecule has 2 heterocycles. The second kappa shape index (κ2) is 6.90. The van der Waals surface area contributed by atoms with Gasteiger partial charge in [0, 0.05) is 23.3 Å². The zero-order valence-electron chi connectivity index (χ0n) is 15.2. The number of nitrogens with zero attached hydrogens (tertiary/aromatic N) is 3. The van der Waals surface area contributed by atoms with Gasteiger partial charge in [-0.05, 0) is 54.8 Å². The number of allylic oxidation sites excluding steroid dienone is 2. The number of aromatic nitrogens is 3. The van der Waals surface area contributed by atoms with Crippen LogP contribution >= 0.6 is 23.2 Å². The van der Waals surface area contributed by atoms with Gasteiger partial charge in [-0.2, -0.15) is 4.98 Å². The van der Waals surface area contributed by atoms with Crippen molar-refractivity contribution in [3.63, 3.8) is 0 Å². The summed E-state index contributed by atoms with van der Waals surface area (Å²) in [5.41, 5.74) is 3.18. The number of hydrogen-bond acceptors (Lipinski definition) is 5. The Morgan fingerprint density at radius 2 is 1.86 bits per heavy atom. The highest BCUT2D eigenvalue weighted by Gasteiger charge is 2.37. The number of halogens is 2. The fraction of sp³-hybridized carbons (Fsp3) is 0.190. The third-order valence-electron chi connectivity index (χ3n) is 5.25. The summed E-state index contributed by atoms with van der Waals surface area (Å²) in [7, 11) is 0. The molecule has 2 N–H and O–H groups in total. The highest BCUT2D eigenvalue weighted by Crippen LogP contribution is 2.41. The molecule has 0 amide bonds. The van der Waals surface area contributed by atoms with Gasteiger partial charge in [-0.15, -0.1) is 5.10 Å². The third kappa shape index (κ3) is 3.09. The molecule has 5 rings (SSSR count). The molecule has 1 atom stereocenters. The van der Waals surface area contributed by atoms with Crippen LogP contribution in [0.5, 0.6) is 5.75 Å². The Labute approximate surface area is 176 Å². The largest absolute Gasteiger partial charge is 0.508 e. The maximum Gasteiger partial charge on any atom is 0.226 e. The van der Waals surface area contributed by atoms with Crippen LogP contribution in [0.2, 0.25) is 10.0 Å². The van der Waals surface area contributed by atoms with Crippen LogP contribution in [0.3, 0.4) is 0 Å². The third-order valence-corrected chi connectivity index (χ3v) is 5.99. The molecular formula is C21H16Cl2N4O2. The first-order valence-electron chi connectivity index (χ1n) is 9.25. The van der Waals surface area contributed by atoms with Crippen LogP contribution in [0.15, 0.2) is 53.7 Å². The Morgan fingerprint density at radius 3 is 2.62 bits per heavy atom. The van der Waals surface area contributed by atoms with E-state index in [0.29, 0.717) is 33.8 Å². The van der Waals surface area contributed by atoms with Crippen molar-refractivity contribution >= 4 is 34.9 Å².